The van der Waals surface area contributed by atoms with Crippen LogP contribution in [0.3, 0.4) is 0 Å². The zero-order valence-electron chi connectivity index (χ0n) is 13.9. The highest BCUT2D eigenvalue weighted by Crippen LogP contribution is 2.17. The smallest absolute Gasteiger partial charge is 0.241 e. The maximum Gasteiger partial charge on any atom is 0.241 e. The van der Waals surface area contributed by atoms with Crippen molar-refractivity contribution in [2.24, 2.45) is 0 Å². The van der Waals surface area contributed by atoms with Gasteiger partial charge >= 0.3 is 0 Å². The van der Waals surface area contributed by atoms with Crippen LogP contribution in [0.25, 0.3) is 0 Å². The highest BCUT2D eigenvalue weighted by Gasteiger charge is 2.06. The first-order valence-corrected chi connectivity index (χ1v) is 7.62. The molecule has 1 N–H and O–H groups in total. The fourth-order valence-electron chi connectivity index (χ4n) is 1.96. The number of carbonyl (C=O) groups excluding carboxylic acids is 1. The predicted molar refractivity (Wildman–Crippen MR) is 86.9 cm³/mol. The van der Waals surface area contributed by atoms with Gasteiger partial charge in [-0.1, -0.05) is 5.21 Å². The minimum atomic E-state index is -0.112. The molecule has 8 nitrogen and oxygen atoms in total. The lowest BCUT2D eigenvalue weighted by molar-refractivity contribution is -0.121. The molecular weight excluding hydrogens is 312 g/mol. The van der Waals surface area contributed by atoms with Crippen LogP contribution >= 0.6 is 0 Å². The summed E-state index contributed by atoms with van der Waals surface area (Å²) in [6, 6.07) is 7.27. The van der Waals surface area contributed by atoms with Crippen LogP contribution in [-0.4, -0.2) is 48.3 Å². The SMILES string of the molecule is COCCCNC(=O)Cn1cc(COc2ccc(OC)cc2)nn1. The van der Waals surface area contributed by atoms with E-state index in [4.69, 9.17) is 14.2 Å². The van der Waals surface area contributed by atoms with Gasteiger partial charge in [-0.2, -0.15) is 0 Å². The molecule has 2 rings (SSSR count). The molecule has 0 radical (unpaired) electrons. The van der Waals surface area contributed by atoms with E-state index < -0.39 is 0 Å². The Balaban J connectivity index is 1.74. The van der Waals surface area contributed by atoms with Gasteiger partial charge in [0, 0.05) is 20.3 Å². The van der Waals surface area contributed by atoms with Crippen molar-refractivity contribution in [2.75, 3.05) is 27.4 Å². The average Bonchev–Trinajstić information content (AvgIpc) is 3.04. The molecule has 2 aromatic rings. The van der Waals surface area contributed by atoms with Crippen LogP contribution in [-0.2, 0) is 22.7 Å². The third-order valence-corrected chi connectivity index (χ3v) is 3.19. The summed E-state index contributed by atoms with van der Waals surface area (Å²) in [5, 5.41) is 10.7. The predicted octanol–water partition coefficient (Wildman–Crippen LogP) is 1.02. The summed E-state index contributed by atoms with van der Waals surface area (Å²) in [7, 11) is 3.24. The topological polar surface area (TPSA) is 87.5 Å². The van der Waals surface area contributed by atoms with Gasteiger partial charge in [-0.15, -0.1) is 5.10 Å². The van der Waals surface area contributed by atoms with Gasteiger partial charge in [0.15, 0.2) is 0 Å². The lowest BCUT2D eigenvalue weighted by Crippen LogP contribution is -2.29. The minimum absolute atomic E-state index is 0.112. The Labute approximate surface area is 140 Å². The monoisotopic (exact) mass is 334 g/mol. The maximum atomic E-state index is 11.7. The van der Waals surface area contributed by atoms with E-state index in [1.165, 1.54) is 4.68 Å². The number of carbonyl (C=O) groups is 1. The van der Waals surface area contributed by atoms with Gasteiger partial charge in [-0.3, -0.25) is 4.79 Å². The zero-order chi connectivity index (χ0) is 17.2. The lowest BCUT2D eigenvalue weighted by Gasteiger charge is -2.05. The lowest BCUT2D eigenvalue weighted by atomic mass is 10.3. The van der Waals surface area contributed by atoms with Gasteiger partial charge in [0.2, 0.25) is 5.91 Å². The van der Waals surface area contributed by atoms with Gasteiger partial charge in [-0.25, -0.2) is 4.68 Å². The normalized spacial score (nSPS) is 10.4. The van der Waals surface area contributed by atoms with Gasteiger partial charge in [0.05, 0.1) is 13.3 Å². The Morgan fingerprint density at radius 2 is 1.96 bits per heavy atom. The summed E-state index contributed by atoms with van der Waals surface area (Å²) in [4.78, 5) is 11.7. The molecule has 24 heavy (non-hydrogen) atoms. The van der Waals surface area contributed by atoms with Gasteiger partial charge in [0.1, 0.15) is 30.3 Å². The molecule has 0 aliphatic rings. The molecule has 130 valence electrons. The van der Waals surface area contributed by atoms with Crippen LogP contribution in [0, 0.1) is 0 Å². The van der Waals surface area contributed by atoms with Crippen LogP contribution < -0.4 is 14.8 Å². The standard InChI is InChI=1S/C16H22N4O4/c1-22-9-3-8-17-16(21)11-20-10-13(18-19-20)12-24-15-6-4-14(23-2)5-7-15/h4-7,10H,3,8-9,11-12H2,1-2H3,(H,17,21). The third kappa shape index (κ3) is 5.88. The largest absolute Gasteiger partial charge is 0.497 e. The van der Waals surface area contributed by atoms with E-state index in [2.05, 4.69) is 15.6 Å². The molecule has 0 bridgehead atoms. The first-order chi connectivity index (χ1) is 11.7. The first-order valence-electron chi connectivity index (χ1n) is 7.62. The van der Waals surface area contributed by atoms with Crippen molar-refractivity contribution in [2.45, 2.75) is 19.6 Å². The van der Waals surface area contributed by atoms with Crippen molar-refractivity contribution in [1.29, 1.82) is 0 Å². The summed E-state index contributed by atoms with van der Waals surface area (Å²) in [6.07, 6.45) is 2.47. The number of methoxy groups -OCH3 is 2. The van der Waals surface area contributed by atoms with E-state index in [1.54, 1.807) is 20.4 Å². The van der Waals surface area contributed by atoms with E-state index >= 15 is 0 Å². The number of ether oxygens (including phenoxy) is 3. The molecule has 1 aromatic carbocycles. The summed E-state index contributed by atoms with van der Waals surface area (Å²) >= 11 is 0. The molecule has 0 aliphatic carbocycles. The second-order valence-electron chi connectivity index (χ2n) is 5.07. The molecule has 0 saturated heterocycles. The van der Waals surface area contributed by atoms with Crippen molar-refractivity contribution in [3.8, 4) is 11.5 Å². The quantitative estimate of drug-likeness (QED) is 0.653. The number of hydrogen-bond acceptors (Lipinski definition) is 6. The molecular formula is C16H22N4O4. The molecule has 1 aromatic heterocycles. The molecule has 0 fully saturated rings. The van der Waals surface area contributed by atoms with E-state index in [9.17, 15) is 4.79 Å². The van der Waals surface area contributed by atoms with E-state index in [0.29, 0.717) is 24.6 Å². The summed E-state index contributed by atoms with van der Waals surface area (Å²) < 4.78 is 17.1. The average molecular weight is 334 g/mol. The van der Waals surface area contributed by atoms with Gasteiger partial charge in [-0.05, 0) is 30.7 Å². The van der Waals surface area contributed by atoms with Crippen molar-refractivity contribution in [3.63, 3.8) is 0 Å². The Bertz CT molecular complexity index is 627. The highest BCUT2D eigenvalue weighted by atomic mass is 16.5. The molecule has 8 heteroatoms. The number of aromatic nitrogens is 3. The highest BCUT2D eigenvalue weighted by molar-refractivity contribution is 5.75. The number of rotatable bonds is 10. The van der Waals surface area contributed by atoms with Crippen LogP contribution in [0.4, 0.5) is 0 Å². The number of hydrogen-bond donors (Lipinski definition) is 1. The van der Waals surface area contributed by atoms with Crippen LogP contribution in [0.2, 0.25) is 0 Å². The first kappa shape index (κ1) is 17.7. The fraction of sp³-hybridized carbons (Fsp3) is 0.438. The van der Waals surface area contributed by atoms with Crippen molar-refractivity contribution in [1.82, 2.24) is 20.3 Å². The number of nitrogens with one attached hydrogen (secondary N) is 1. The van der Waals surface area contributed by atoms with E-state index in [1.807, 2.05) is 24.3 Å². The van der Waals surface area contributed by atoms with Gasteiger partial charge in [0.25, 0.3) is 0 Å². The Morgan fingerprint density at radius 3 is 2.67 bits per heavy atom. The molecule has 0 unspecified atom stereocenters. The number of benzene rings is 1. The summed E-state index contributed by atoms with van der Waals surface area (Å²) in [5.41, 5.74) is 0.651. The molecule has 0 aliphatic heterocycles. The molecule has 1 amide bonds. The molecule has 0 atom stereocenters. The van der Waals surface area contributed by atoms with Crippen LogP contribution in [0.15, 0.2) is 30.5 Å². The van der Waals surface area contributed by atoms with Gasteiger partial charge < -0.3 is 19.5 Å². The molecule has 0 spiro atoms. The summed E-state index contributed by atoms with van der Waals surface area (Å²) in [5.74, 6) is 1.37. The van der Waals surface area contributed by atoms with E-state index in [0.717, 1.165) is 12.2 Å². The zero-order valence-corrected chi connectivity index (χ0v) is 13.9. The Hall–Kier alpha value is -2.61. The molecule has 0 saturated carbocycles. The third-order valence-electron chi connectivity index (χ3n) is 3.19. The van der Waals surface area contributed by atoms with Crippen molar-refractivity contribution >= 4 is 5.91 Å². The van der Waals surface area contributed by atoms with Crippen molar-refractivity contribution < 1.29 is 19.0 Å². The minimum Gasteiger partial charge on any atom is -0.497 e. The second kappa shape index (κ2) is 9.51. The van der Waals surface area contributed by atoms with E-state index in [-0.39, 0.29) is 19.1 Å². The Kier molecular flexibility index (Phi) is 7.03. The van der Waals surface area contributed by atoms with Crippen LogP contribution in [0.5, 0.6) is 11.5 Å². The maximum absolute atomic E-state index is 11.7. The fourth-order valence-corrected chi connectivity index (χ4v) is 1.96. The number of amides is 1. The number of nitrogens with zero attached hydrogens (tertiary/aromatic N) is 3. The second-order valence-corrected chi connectivity index (χ2v) is 5.07. The summed E-state index contributed by atoms with van der Waals surface area (Å²) in [6.45, 7) is 1.61. The molecule has 1 heterocycles. The van der Waals surface area contributed by atoms with Crippen LogP contribution in [0.1, 0.15) is 12.1 Å². The van der Waals surface area contributed by atoms with Crippen molar-refractivity contribution in [3.05, 3.63) is 36.2 Å². The Morgan fingerprint density at radius 1 is 1.21 bits per heavy atom.